The van der Waals surface area contributed by atoms with Gasteiger partial charge in [-0.2, -0.15) is 0 Å². The van der Waals surface area contributed by atoms with E-state index in [0.717, 1.165) is 11.8 Å². The Morgan fingerprint density at radius 1 is 1.33 bits per heavy atom. The van der Waals surface area contributed by atoms with Gasteiger partial charge >= 0.3 is 0 Å². The minimum absolute atomic E-state index is 0.825. The topological polar surface area (TPSA) is 4.93 Å². The van der Waals surface area contributed by atoms with Crippen LogP contribution in [0.1, 0.15) is 36.3 Å². The Morgan fingerprint density at radius 3 is 2.33 bits per heavy atom. The van der Waals surface area contributed by atoms with Crippen LogP contribution < -0.4 is 0 Å². The minimum Gasteiger partial charge on any atom is -0.304 e. The van der Waals surface area contributed by atoms with Crippen molar-refractivity contribution in [3.8, 4) is 0 Å². The van der Waals surface area contributed by atoms with Crippen molar-refractivity contribution in [1.82, 2.24) is 3.96 Å². The molecule has 2 heteroatoms. The summed E-state index contributed by atoms with van der Waals surface area (Å²) in [5.74, 6) is 1.67. The maximum Gasteiger partial charge on any atom is 0.0462 e. The zero-order chi connectivity index (χ0) is 6.59. The molecule has 1 aliphatic rings. The molecule has 0 N–H and O–H groups in total. The molecule has 2 rings (SSSR count). The molecule has 0 saturated carbocycles. The Labute approximate surface area is 59.5 Å². The average Bonchev–Trinajstić information content (AvgIpc) is 1.81. The normalized spacial score (nSPS) is 31.9. The van der Waals surface area contributed by atoms with Crippen LogP contribution in [0.15, 0.2) is 0 Å². The van der Waals surface area contributed by atoms with Gasteiger partial charge in [-0.25, -0.2) is 0 Å². The number of rotatable bonds is 0. The summed E-state index contributed by atoms with van der Waals surface area (Å²) in [5.41, 5.74) is 1.59. The molecule has 0 bridgehead atoms. The van der Waals surface area contributed by atoms with Crippen LogP contribution in [-0.4, -0.2) is 3.96 Å². The van der Waals surface area contributed by atoms with Crippen LogP contribution in [-0.2, 0) is 7.05 Å². The molecule has 0 radical (unpaired) electrons. The number of aryl methyl sites for hydroxylation is 1. The maximum absolute atomic E-state index is 2.31. The molecule has 1 heterocycles. The van der Waals surface area contributed by atoms with Gasteiger partial charge in [-0.3, -0.25) is 0 Å². The SMILES string of the molecule is CC1c2sn(C)c2C1C. The molecule has 0 fully saturated rings. The first-order valence-electron chi connectivity index (χ1n) is 3.37. The summed E-state index contributed by atoms with van der Waals surface area (Å²) in [6.07, 6.45) is 0. The van der Waals surface area contributed by atoms with Crippen LogP contribution in [0.5, 0.6) is 0 Å². The zero-order valence-corrected chi connectivity index (χ0v) is 6.83. The fourth-order valence-corrected chi connectivity index (χ4v) is 2.87. The molecular weight excluding hydrogens is 130 g/mol. The summed E-state index contributed by atoms with van der Waals surface area (Å²) in [7, 11) is 2.14. The van der Waals surface area contributed by atoms with Crippen molar-refractivity contribution in [2.24, 2.45) is 7.05 Å². The second-order valence-electron chi connectivity index (χ2n) is 2.92. The van der Waals surface area contributed by atoms with E-state index in [1.807, 2.05) is 11.5 Å². The second kappa shape index (κ2) is 1.43. The lowest BCUT2D eigenvalue weighted by molar-refractivity contribution is 0.502. The predicted octanol–water partition coefficient (Wildman–Crippen LogP) is 2.31. The van der Waals surface area contributed by atoms with Crippen LogP contribution in [0.4, 0.5) is 0 Å². The van der Waals surface area contributed by atoms with Crippen LogP contribution in [0, 0.1) is 0 Å². The minimum atomic E-state index is 0.825. The van der Waals surface area contributed by atoms with E-state index in [2.05, 4.69) is 24.9 Å². The highest BCUT2D eigenvalue weighted by molar-refractivity contribution is 7.08. The molecule has 1 aliphatic carbocycles. The largest absolute Gasteiger partial charge is 0.304 e. The van der Waals surface area contributed by atoms with Gasteiger partial charge in [0.15, 0.2) is 0 Å². The van der Waals surface area contributed by atoms with E-state index in [1.165, 1.54) is 0 Å². The van der Waals surface area contributed by atoms with Gasteiger partial charge in [-0.05, 0) is 0 Å². The molecule has 2 unspecified atom stereocenters. The number of hydrogen-bond acceptors (Lipinski definition) is 1. The summed E-state index contributed by atoms with van der Waals surface area (Å²) < 4.78 is 2.28. The molecule has 0 aromatic carbocycles. The highest BCUT2D eigenvalue weighted by Crippen LogP contribution is 2.51. The molecule has 1 aromatic heterocycles. The van der Waals surface area contributed by atoms with Crippen molar-refractivity contribution < 1.29 is 0 Å². The van der Waals surface area contributed by atoms with Crippen LogP contribution >= 0.6 is 11.5 Å². The summed E-state index contributed by atoms with van der Waals surface area (Å²) in [5, 5.41) is 0. The van der Waals surface area contributed by atoms with E-state index >= 15 is 0 Å². The number of fused-ring (bicyclic) bond motifs is 1. The number of nitrogens with zero attached hydrogens (tertiary/aromatic N) is 1. The standard InChI is InChI=1S/C7H11NS/c1-4-5(2)7-6(4)8(3)9-7/h4-5H,1-3H3. The van der Waals surface area contributed by atoms with Crippen molar-refractivity contribution in [2.75, 3.05) is 0 Å². The number of hydrogen-bond donors (Lipinski definition) is 0. The lowest BCUT2D eigenvalue weighted by Gasteiger charge is -2.39. The number of aromatic nitrogens is 1. The van der Waals surface area contributed by atoms with Gasteiger partial charge < -0.3 is 3.96 Å². The Morgan fingerprint density at radius 2 is 2.00 bits per heavy atom. The molecule has 1 nitrogen and oxygen atoms in total. The summed E-state index contributed by atoms with van der Waals surface area (Å²) in [4.78, 5) is 1.63. The Hall–Kier alpha value is -0.240. The quantitative estimate of drug-likeness (QED) is 0.522. The third kappa shape index (κ3) is 0.456. The molecule has 0 spiro atoms. The van der Waals surface area contributed by atoms with Crippen molar-refractivity contribution in [1.29, 1.82) is 0 Å². The van der Waals surface area contributed by atoms with Gasteiger partial charge in [-0.15, -0.1) is 0 Å². The van der Waals surface area contributed by atoms with Gasteiger partial charge in [0.2, 0.25) is 0 Å². The Bertz CT molecular complexity index is 234. The molecule has 50 valence electrons. The molecule has 0 aliphatic heterocycles. The fourth-order valence-electron chi connectivity index (χ4n) is 1.55. The van der Waals surface area contributed by atoms with Crippen molar-refractivity contribution >= 4 is 11.5 Å². The first kappa shape index (κ1) is 5.54. The van der Waals surface area contributed by atoms with E-state index in [-0.39, 0.29) is 0 Å². The van der Waals surface area contributed by atoms with E-state index in [1.54, 1.807) is 10.6 Å². The molecular formula is C7H11NS. The van der Waals surface area contributed by atoms with Gasteiger partial charge in [0.25, 0.3) is 0 Å². The van der Waals surface area contributed by atoms with E-state index in [0.29, 0.717) is 0 Å². The summed E-state index contributed by atoms with van der Waals surface area (Å²) in [6, 6.07) is 0. The van der Waals surface area contributed by atoms with Crippen molar-refractivity contribution in [2.45, 2.75) is 25.7 Å². The van der Waals surface area contributed by atoms with Gasteiger partial charge in [-0.1, -0.05) is 25.4 Å². The molecule has 0 saturated heterocycles. The first-order valence-corrected chi connectivity index (χ1v) is 4.15. The molecule has 1 aromatic rings. The highest BCUT2D eigenvalue weighted by Gasteiger charge is 2.37. The summed E-state index contributed by atoms with van der Waals surface area (Å²) in [6.45, 7) is 4.61. The molecule has 0 amide bonds. The van der Waals surface area contributed by atoms with Crippen LogP contribution in [0.2, 0.25) is 0 Å². The lowest BCUT2D eigenvalue weighted by Crippen LogP contribution is -2.27. The fraction of sp³-hybridized carbons (Fsp3) is 0.714. The van der Waals surface area contributed by atoms with Gasteiger partial charge in [0.05, 0.1) is 0 Å². The third-order valence-electron chi connectivity index (χ3n) is 2.42. The van der Waals surface area contributed by atoms with Gasteiger partial charge in [0.1, 0.15) is 0 Å². The predicted molar refractivity (Wildman–Crippen MR) is 40.1 cm³/mol. The van der Waals surface area contributed by atoms with E-state index in [9.17, 15) is 0 Å². The summed E-state index contributed by atoms with van der Waals surface area (Å²) >= 11 is 1.90. The second-order valence-corrected chi connectivity index (χ2v) is 4.09. The maximum atomic E-state index is 2.31. The third-order valence-corrected chi connectivity index (χ3v) is 3.67. The molecule has 9 heavy (non-hydrogen) atoms. The molecule has 2 atom stereocenters. The Balaban J connectivity index is 2.39. The smallest absolute Gasteiger partial charge is 0.0462 e. The average molecular weight is 141 g/mol. The Kier molecular flexibility index (Phi) is 0.878. The van der Waals surface area contributed by atoms with E-state index in [4.69, 9.17) is 0 Å². The van der Waals surface area contributed by atoms with Crippen LogP contribution in [0.25, 0.3) is 0 Å². The highest BCUT2D eigenvalue weighted by atomic mass is 32.1. The van der Waals surface area contributed by atoms with E-state index < -0.39 is 0 Å². The monoisotopic (exact) mass is 141 g/mol. The zero-order valence-electron chi connectivity index (χ0n) is 6.01. The van der Waals surface area contributed by atoms with Gasteiger partial charge in [0, 0.05) is 29.5 Å². The van der Waals surface area contributed by atoms with Crippen LogP contribution in [0.3, 0.4) is 0 Å². The van der Waals surface area contributed by atoms with Crippen molar-refractivity contribution in [3.05, 3.63) is 10.6 Å². The lowest BCUT2D eigenvalue weighted by atomic mass is 9.79. The first-order chi connectivity index (χ1) is 4.22. The van der Waals surface area contributed by atoms with Crippen molar-refractivity contribution in [3.63, 3.8) is 0 Å².